The molecule has 15 heavy (non-hydrogen) atoms. The second kappa shape index (κ2) is 5.19. The fraction of sp³-hybridized carbons (Fsp3) is 0.100. The number of halogens is 3. The van der Waals surface area contributed by atoms with Gasteiger partial charge in [0.2, 0.25) is 0 Å². The minimum absolute atomic E-state index is 0.282. The van der Waals surface area contributed by atoms with Crippen molar-refractivity contribution in [3.05, 3.63) is 48.0 Å². The van der Waals surface area contributed by atoms with Crippen LogP contribution in [0.3, 0.4) is 0 Å². The van der Waals surface area contributed by atoms with Crippen LogP contribution in [0, 0.1) is 0 Å². The van der Waals surface area contributed by atoms with Gasteiger partial charge in [-0.1, -0.05) is 30.3 Å². The highest BCUT2D eigenvalue weighted by Gasteiger charge is 2.10. The van der Waals surface area contributed by atoms with E-state index in [1.165, 1.54) is 12.1 Å². The zero-order valence-corrected chi connectivity index (χ0v) is 7.54. The lowest BCUT2D eigenvalue weighted by atomic mass is 10.1. The Hall–Kier alpha value is -1.78. The maximum Gasteiger partial charge on any atom is 0.342 e. The Balaban J connectivity index is 2.55. The van der Waals surface area contributed by atoms with Crippen LogP contribution in [0.25, 0.3) is 0 Å². The zero-order valence-electron chi connectivity index (χ0n) is 7.54. The molecule has 0 aliphatic rings. The van der Waals surface area contributed by atoms with Crippen LogP contribution in [0.4, 0.5) is 13.2 Å². The second-order valence-corrected chi connectivity index (χ2v) is 2.61. The standard InChI is InChI=1S/C10H7F3O2/c11-9(12)10(13)15-6-8(14)7-4-2-1-3-5-7/h1-5H,6H2. The van der Waals surface area contributed by atoms with Gasteiger partial charge in [0.15, 0.2) is 12.4 Å². The van der Waals surface area contributed by atoms with Crippen LogP contribution < -0.4 is 0 Å². The number of ketones is 1. The first-order valence-electron chi connectivity index (χ1n) is 4.03. The third-order valence-corrected chi connectivity index (χ3v) is 1.57. The van der Waals surface area contributed by atoms with Crippen molar-refractivity contribution in [3.8, 4) is 0 Å². The molecule has 0 spiro atoms. The molecule has 0 aliphatic carbocycles. The van der Waals surface area contributed by atoms with Gasteiger partial charge in [0.1, 0.15) is 0 Å². The fourth-order valence-corrected chi connectivity index (χ4v) is 0.891. The number of hydrogen-bond acceptors (Lipinski definition) is 2. The van der Waals surface area contributed by atoms with Gasteiger partial charge < -0.3 is 4.74 Å². The highest BCUT2D eigenvalue weighted by Crippen LogP contribution is 2.11. The lowest BCUT2D eigenvalue weighted by molar-refractivity contribution is 0.0747. The van der Waals surface area contributed by atoms with Crippen LogP contribution in [-0.4, -0.2) is 12.4 Å². The van der Waals surface area contributed by atoms with Crippen LogP contribution in [0.5, 0.6) is 0 Å². The predicted molar refractivity (Wildman–Crippen MR) is 47.1 cm³/mol. The summed E-state index contributed by atoms with van der Waals surface area (Å²) in [5.41, 5.74) is 0.282. The third-order valence-electron chi connectivity index (χ3n) is 1.57. The molecule has 0 heterocycles. The molecule has 2 nitrogen and oxygen atoms in total. The first-order valence-corrected chi connectivity index (χ1v) is 4.03. The summed E-state index contributed by atoms with van der Waals surface area (Å²) in [6, 6.07) is 5.86. The molecule has 80 valence electrons. The van der Waals surface area contributed by atoms with Crippen molar-refractivity contribution in [1.29, 1.82) is 0 Å². The number of carbonyl (C=O) groups excluding carboxylic acids is 1. The minimum atomic E-state index is -2.57. The summed E-state index contributed by atoms with van der Waals surface area (Å²) in [6.45, 7) is -0.743. The van der Waals surface area contributed by atoms with Gasteiger partial charge in [0.05, 0.1) is 0 Å². The quantitative estimate of drug-likeness (QED) is 0.571. The van der Waals surface area contributed by atoms with Crippen LogP contribution in [0.15, 0.2) is 42.4 Å². The van der Waals surface area contributed by atoms with E-state index in [1.54, 1.807) is 18.2 Å². The maximum absolute atomic E-state index is 12.2. The van der Waals surface area contributed by atoms with E-state index in [9.17, 15) is 18.0 Å². The van der Waals surface area contributed by atoms with Crippen molar-refractivity contribution >= 4 is 5.78 Å². The van der Waals surface area contributed by atoms with Gasteiger partial charge >= 0.3 is 12.1 Å². The van der Waals surface area contributed by atoms with Gasteiger partial charge in [-0.05, 0) is 0 Å². The molecule has 5 heteroatoms. The van der Waals surface area contributed by atoms with Crippen LogP contribution >= 0.6 is 0 Å². The molecular weight excluding hydrogens is 209 g/mol. The number of benzene rings is 1. The molecule has 0 bridgehead atoms. The molecule has 0 unspecified atom stereocenters. The van der Waals surface area contributed by atoms with Crippen LogP contribution in [0.2, 0.25) is 0 Å². The number of rotatable bonds is 4. The summed E-state index contributed by atoms with van der Waals surface area (Å²) < 4.78 is 39.2. The molecule has 0 aromatic heterocycles. The van der Waals surface area contributed by atoms with E-state index >= 15 is 0 Å². The van der Waals surface area contributed by atoms with E-state index in [0.29, 0.717) is 0 Å². The van der Waals surface area contributed by atoms with E-state index in [-0.39, 0.29) is 5.56 Å². The smallest absolute Gasteiger partial charge is 0.342 e. The number of carbonyl (C=O) groups is 1. The first-order chi connectivity index (χ1) is 7.11. The summed E-state index contributed by atoms with van der Waals surface area (Å²) in [6.07, 6.45) is -2.57. The van der Waals surface area contributed by atoms with Crippen LogP contribution in [0.1, 0.15) is 10.4 Å². The normalized spacial score (nSPS) is 9.53. The SMILES string of the molecule is O=C(COC(F)=C(F)F)c1ccccc1. The van der Waals surface area contributed by atoms with Crippen molar-refractivity contribution in [2.75, 3.05) is 6.61 Å². The molecule has 1 rings (SSSR count). The second-order valence-electron chi connectivity index (χ2n) is 2.61. The van der Waals surface area contributed by atoms with E-state index in [4.69, 9.17) is 0 Å². The Morgan fingerprint density at radius 1 is 1.13 bits per heavy atom. The Morgan fingerprint density at radius 3 is 2.27 bits per heavy atom. The van der Waals surface area contributed by atoms with Gasteiger partial charge in [0.25, 0.3) is 0 Å². The Kier molecular flexibility index (Phi) is 3.91. The van der Waals surface area contributed by atoms with Crippen LogP contribution in [-0.2, 0) is 4.74 Å². The van der Waals surface area contributed by atoms with E-state index in [0.717, 1.165) is 0 Å². The Labute approximate surface area is 84.0 Å². The van der Waals surface area contributed by atoms with Crippen molar-refractivity contribution in [1.82, 2.24) is 0 Å². The van der Waals surface area contributed by atoms with Gasteiger partial charge in [-0.15, -0.1) is 0 Å². The predicted octanol–water partition coefficient (Wildman–Crippen LogP) is 2.92. The topological polar surface area (TPSA) is 26.3 Å². The summed E-state index contributed by atoms with van der Waals surface area (Å²) >= 11 is 0. The highest BCUT2D eigenvalue weighted by molar-refractivity contribution is 5.97. The Morgan fingerprint density at radius 2 is 1.73 bits per heavy atom. The highest BCUT2D eigenvalue weighted by atomic mass is 19.3. The molecule has 0 saturated heterocycles. The molecular formula is C10H7F3O2. The Bertz CT molecular complexity index is 370. The lowest BCUT2D eigenvalue weighted by Crippen LogP contribution is -2.07. The third kappa shape index (κ3) is 3.46. The van der Waals surface area contributed by atoms with Gasteiger partial charge in [-0.25, -0.2) is 0 Å². The first kappa shape index (κ1) is 11.3. The lowest BCUT2D eigenvalue weighted by Gasteiger charge is -2.01. The molecule has 1 aromatic rings. The molecule has 0 N–H and O–H groups in total. The van der Waals surface area contributed by atoms with Crippen molar-refractivity contribution < 1.29 is 22.7 Å². The summed E-state index contributed by atoms with van der Waals surface area (Å²) in [4.78, 5) is 11.2. The molecule has 1 aromatic carbocycles. The molecule has 0 amide bonds. The van der Waals surface area contributed by atoms with E-state index < -0.39 is 24.5 Å². The number of ether oxygens (including phenoxy) is 1. The molecule has 0 saturated carbocycles. The van der Waals surface area contributed by atoms with Gasteiger partial charge in [-0.3, -0.25) is 4.79 Å². The molecule has 0 aliphatic heterocycles. The van der Waals surface area contributed by atoms with Crippen molar-refractivity contribution in [3.63, 3.8) is 0 Å². The molecule has 0 atom stereocenters. The monoisotopic (exact) mass is 216 g/mol. The number of hydrogen-bond donors (Lipinski definition) is 0. The fourth-order valence-electron chi connectivity index (χ4n) is 0.891. The summed E-state index contributed by atoms with van der Waals surface area (Å²) in [7, 11) is 0. The average Bonchev–Trinajstić information content (AvgIpc) is 2.26. The summed E-state index contributed by atoms with van der Waals surface area (Å²) in [5, 5.41) is 0. The average molecular weight is 216 g/mol. The molecule has 0 fully saturated rings. The van der Waals surface area contributed by atoms with E-state index in [1.807, 2.05) is 0 Å². The van der Waals surface area contributed by atoms with Gasteiger partial charge in [0, 0.05) is 5.56 Å². The van der Waals surface area contributed by atoms with Crippen molar-refractivity contribution in [2.24, 2.45) is 0 Å². The molecule has 0 radical (unpaired) electrons. The van der Waals surface area contributed by atoms with Crippen molar-refractivity contribution in [2.45, 2.75) is 0 Å². The van der Waals surface area contributed by atoms with Gasteiger partial charge in [-0.2, -0.15) is 13.2 Å². The number of Topliss-reactive ketones (excluding diaryl/α,β-unsaturated/α-hetero) is 1. The largest absolute Gasteiger partial charge is 0.459 e. The van der Waals surface area contributed by atoms with E-state index in [2.05, 4.69) is 4.74 Å². The zero-order chi connectivity index (χ0) is 11.3. The summed E-state index contributed by atoms with van der Waals surface area (Å²) in [5.74, 6) is -0.563. The maximum atomic E-state index is 12.2. The minimum Gasteiger partial charge on any atom is -0.459 e.